The predicted molar refractivity (Wildman–Crippen MR) is 48.4 cm³/mol. The summed E-state index contributed by atoms with van der Waals surface area (Å²) in [6.07, 6.45) is 5.34. The van der Waals surface area contributed by atoms with E-state index in [2.05, 4.69) is 21.6 Å². The van der Waals surface area contributed by atoms with Crippen LogP contribution in [0.2, 0.25) is 0 Å². The molecule has 1 N–H and O–H groups in total. The quantitative estimate of drug-likeness (QED) is 0.643. The van der Waals surface area contributed by atoms with Gasteiger partial charge in [-0.25, -0.2) is 4.31 Å². The molecule has 0 bridgehead atoms. The van der Waals surface area contributed by atoms with Gasteiger partial charge in [0.15, 0.2) is 0 Å². The van der Waals surface area contributed by atoms with Crippen molar-refractivity contribution in [2.45, 2.75) is 13.0 Å². The first kappa shape index (κ1) is 7.25. The maximum atomic E-state index is 3.27. The zero-order chi connectivity index (χ0) is 7.68. The minimum atomic E-state index is 1.10. The summed E-state index contributed by atoms with van der Waals surface area (Å²) in [4.78, 5) is 3.27. The number of aromatic amines is 1. The van der Waals surface area contributed by atoms with Crippen molar-refractivity contribution in [1.29, 1.82) is 0 Å². The first-order valence-electron chi connectivity index (χ1n) is 3.84. The van der Waals surface area contributed by atoms with Crippen LogP contribution in [0.4, 0.5) is 0 Å². The zero-order valence-corrected chi connectivity index (χ0v) is 7.45. The molecule has 0 saturated heterocycles. The maximum absolute atomic E-state index is 3.27. The van der Waals surface area contributed by atoms with Gasteiger partial charge in [-0.05, 0) is 17.9 Å². The minimum Gasteiger partial charge on any atom is -0.365 e. The number of hydrogen-bond acceptors (Lipinski definition) is 2. The Labute approximate surface area is 71.1 Å². The Hall–Kier alpha value is -0.410. The molecule has 0 aliphatic carbocycles. The lowest BCUT2D eigenvalue weighted by Crippen LogP contribution is -2.23. The molecule has 0 fully saturated rings. The fraction of sp³-hybridized carbons (Fsp3) is 0.500. The third-order valence-electron chi connectivity index (χ3n) is 2.15. The molecule has 11 heavy (non-hydrogen) atoms. The molecule has 60 valence electrons. The highest BCUT2D eigenvalue weighted by Crippen LogP contribution is 2.21. The molecule has 0 amide bonds. The highest BCUT2D eigenvalue weighted by atomic mass is 32.2. The lowest BCUT2D eigenvalue weighted by Gasteiger charge is -2.23. The average Bonchev–Trinajstić information content (AvgIpc) is 2.50. The lowest BCUT2D eigenvalue weighted by molar-refractivity contribution is 0.443. The molecule has 0 saturated carbocycles. The van der Waals surface area contributed by atoms with Crippen molar-refractivity contribution in [2.24, 2.45) is 0 Å². The van der Waals surface area contributed by atoms with E-state index in [1.54, 1.807) is 0 Å². The summed E-state index contributed by atoms with van der Waals surface area (Å²) in [6.45, 7) is 2.27. The molecule has 2 heterocycles. The Balaban J connectivity index is 2.18. The Bertz CT molecular complexity index is 244. The van der Waals surface area contributed by atoms with Crippen LogP contribution in [-0.2, 0) is 13.0 Å². The summed E-state index contributed by atoms with van der Waals surface area (Å²) in [5, 5.41) is 0. The maximum Gasteiger partial charge on any atom is 0.0358 e. The van der Waals surface area contributed by atoms with Gasteiger partial charge in [-0.2, -0.15) is 0 Å². The molecule has 0 aromatic carbocycles. The summed E-state index contributed by atoms with van der Waals surface area (Å²) >= 11 is 1.83. The van der Waals surface area contributed by atoms with E-state index in [1.165, 1.54) is 24.2 Å². The molecule has 1 aromatic rings. The Morgan fingerprint density at radius 3 is 3.36 bits per heavy atom. The molecule has 1 aliphatic rings. The normalized spacial score (nSPS) is 18.3. The Kier molecular flexibility index (Phi) is 1.92. The van der Waals surface area contributed by atoms with Crippen LogP contribution in [0.1, 0.15) is 11.3 Å². The van der Waals surface area contributed by atoms with Crippen LogP contribution in [0.15, 0.2) is 12.3 Å². The summed E-state index contributed by atoms with van der Waals surface area (Å²) in [7, 11) is 0. The molecule has 3 heteroatoms. The van der Waals surface area contributed by atoms with Gasteiger partial charge in [0, 0.05) is 31.4 Å². The van der Waals surface area contributed by atoms with Gasteiger partial charge < -0.3 is 4.98 Å². The monoisotopic (exact) mass is 168 g/mol. The SMILES string of the molecule is CSN1CCc2[nH]ccc2C1. The second-order valence-electron chi connectivity index (χ2n) is 2.78. The van der Waals surface area contributed by atoms with Gasteiger partial charge in [0.25, 0.3) is 0 Å². The third kappa shape index (κ3) is 1.30. The second-order valence-corrected chi connectivity index (χ2v) is 3.66. The molecule has 0 spiro atoms. The molecular weight excluding hydrogens is 156 g/mol. The van der Waals surface area contributed by atoms with E-state index in [4.69, 9.17) is 0 Å². The van der Waals surface area contributed by atoms with Gasteiger partial charge in [0.2, 0.25) is 0 Å². The number of hydrogen-bond donors (Lipinski definition) is 1. The van der Waals surface area contributed by atoms with E-state index in [9.17, 15) is 0 Å². The summed E-state index contributed by atoms with van der Waals surface area (Å²) in [5.41, 5.74) is 2.89. The fourth-order valence-corrected chi connectivity index (χ4v) is 2.02. The van der Waals surface area contributed by atoms with Crippen LogP contribution < -0.4 is 0 Å². The van der Waals surface area contributed by atoms with Gasteiger partial charge in [0.05, 0.1) is 0 Å². The van der Waals surface area contributed by atoms with Crippen molar-refractivity contribution in [3.8, 4) is 0 Å². The van der Waals surface area contributed by atoms with Gasteiger partial charge in [-0.3, -0.25) is 0 Å². The van der Waals surface area contributed by atoms with Crippen molar-refractivity contribution < 1.29 is 0 Å². The standard InChI is InChI=1S/C8H12N2S/c1-11-10-5-3-8-7(6-10)2-4-9-8/h2,4,9H,3,5-6H2,1H3. The van der Waals surface area contributed by atoms with E-state index in [-0.39, 0.29) is 0 Å². The fourth-order valence-electron chi connectivity index (χ4n) is 1.48. The average molecular weight is 168 g/mol. The Morgan fingerprint density at radius 1 is 1.64 bits per heavy atom. The minimum absolute atomic E-state index is 1.10. The van der Waals surface area contributed by atoms with E-state index in [1.807, 2.05) is 18.1 Å². The lowest BCUT2D eigenvalue weighted by atomic mass is 10.1. The van der Waals surface area contributed by atoms with Gasteiger partial charge in [-0.1, -0.05) is 11.9 Å². The number of nitrogens with one attached hydrogen (secondary N) is 1. The van der Waals surface area contributed by atoms with Crippen molar-refractivity contribution in [3.05, 3.63) is 23.5 Å². The van der Waals surface area contributed by atoms with Crippen molar-refractivity contribution >= 4 is 11.9 Å². The molecule has 2 nitrogen and oxygen atoms in total. The molecule has 0 radical (unpaired) electrons. The molecular formula is C8H12N2S. The predicted octanol–water partition coefficient (Wildman–Crippen LogP) is 1.65. The highest BCUT2D eigenvalue weighted by molar-refractivity contribution is 7.96. The van der Waals surface area contributed by atoms with Crippen molar-refractivity contribution in [3.63, 3.8) is 0 Å². The van der Waals surface area contributed by atoms with E-state index in [0.29, 0.717) is 0 Å². The Morgan fingerprint density at radius 2 is 2.55 bits per heavy atom. The highest BCUT2D eigenvalue weighted by Gasteiger charge is 2.15. The first-order chi connectivity index (χ1) is 5.40. The third-order valence-corrected chi connectivity index (χ3v) is 2.97. The number of H-pyrrole nitrogens is 1. The van der Waals surface area contributed by atoms with Crippen LogP contribution in [0, 0.1) is 0 Å². The topological polar surface area (TPSA) is 19.0 Å². The summed E-state index contributed by atoms with van der Waals surface area (Å²) in [6, 6.07) is 2.18. The molecule has 2 rings (SSSR count). The smallest absolute Gasteiger partial charge is 0.0358 e. The van der Waals surface area contributed by atoms with E-state index < -0.39 is 0 Å². The molecule has 1 aliphatic heterocycles. The number of nitrogens with zero attached hydrogens (tertiary/aromatic N) is 1. The van der Waals surface area contributed by atoms with Gasteiger partial charge in [0.1, 0.15) is 0 Å². The van der Waals surface area contributed by atoms with E-state index in [0.717, 1.165) is 6.54 Å². The van der Waals surface area contributed by atoms with Crippen LogP contribution in [0.3, 0.4) is 0 Å². The molecule has 0 atom stereocenters. The first-order valence-corrected chi connectivity index (χ1v) is 5.02. The number of aromatic nitrogens is 1. The number of fused-ring (bicyclic) bond motifs is 1. The largest absolute Gasteiger partial charge is 0.365 e. The van der Waals surface area contributed by atoms with Crippen LogP contribution >= 0.6 is 11.9 Å². The van der Waals surface area contributed by atoms with Crippen molar-refractivity contribution in [1.82, 2.24) is 9.29 Å². The summed E-state index contributed by atoms with van der Waals surface area (Å²) in [5.74, 6) is 0. The molecule has 0 unspecified atom stereocenters. The van der Waals surface area contributed by atoms with Crippen LogP contribution in [0.25, 0.3) is 0 Å². The molecule has 1 aromatic heterocycles. The zero-order valence-electron chi connectivity index (χ0n) is 6.63. The van der Waals surface area contributed by atoms with E-state index >= 15 is 0 Å². The van der Waals surface area contributed by atoms with Crippen LogP contribution in [0.5, 0.6) is 0 Å². The number of rotatable bonds is 1. The van der Waals surface area contributed by atoms with Gasteiger partial charge in [-0.15, -0.1) is 0 Å². The van der Waals surface area contributed by atoms with Crippen molar-refractivity contribution in [2.75, 3.05) is 12.8 Å². The second kappa shape index (κ2) is 2.91. The van der Waals surface area contributed by atoms with Gasteiger partial charge >= 0.3 is 0 Å². The van der Waals surface area contributed by atoms with Crippen LogP contribution in [-0.4, -0.2) is 22.1 Å². The summed E-state index contributed by atoms with van der Waals surface area (Å²) < 4.78 is 2.39.